The zero-order chi connectivity index (χ0) is 18.9. The van der Waals surface area contributed by atoms with Crippen LogP contribution in [0.5, 0.6) is 5.88 Å². The van der Waals surface area contributed by atoms with Crippen molar-refractivity contribution < 1.29 is 27.8 Å². The largest absolute Gasteiger partial charge is 0.493 e. The Labute approximate surface area is 148 Å². The highest BCUT2D eigenvalue weighted by Gasteiger charge is 2.41. The zero-order valence-electron chi connectivity index (χ0n) is 14.3. The van der Waals surface area contributed by atoms with Crippen LogP contribution in [0.25, 0.3) is 5.65 Å². The Balaban J connectivity index is 1.72. The van der Waals surface area contributed by atoms with Crippen molar-refractivity contribution >= 4 is 11.6 Å². The molecule has 1 N–H and O–H groups in total. The minimum absolute atomic E-state index is 0.0393. The number of carbonyl (C=O) groups is 1. The summed E-state index contributed by atoms with van der Waals surface area (Å²) in [6.45, 7) is 1.88. The van der Waals surface area contributed by atoms with E-state index in [0.717, 1.165) is 4.52 Å². The molecule has 0 spiro atoms. The average Bonchev–Trinajstić information content (AvgIpc) is 2.99. The molecule has 1 aliphatic carbocycles. The van der Waals surface area contributed by atoms with E-state index in [1.165, 1.54) is 12.1 Å². The maximum absolute atomic E-state index is 12.8. The van der Waals surface area contributed by atoms with Crippen molar-refractivity contribution in [3.8, 4) is 5.88 Å². The Hall–Kier alpha value is -2.32. The second-order valence-electron chi connectivity index (χ2n) is 6.59. The molecule has 0 saturated heterocycles. The second kappa shape index (κ2) is 7.13. The third-order valence-corrected chi connectivity index (χ3v) is 4.75. The first-order chi connectivity index (χ1) is 12.3. The van der Waals surface area contributed by atoms with Gasteiger partial charge in [0.05, 0.1) is 12.5 Å². The van der Waals surface area contributed by atoms with Crippen molar-refractivity contribution in [3.05, 3.63) is 23.5 Å². The lowest BCUT2D eigenvalue weighted by atomic mass is 9.79. The molecule has 3 rings (SSSR count). The van der Waals surface area contributed by atoms with Crippen LogP contribution in [0.2, 0.25) is 0 Å². The molecule has 142 valence electrons. The van der Waals surface area contributed by atoms with Crippen LogP contribution in [0.3, 0.4) is 0 Å². The summed E-state index contributed by atoms with van der Waals surface area (Å²) in [6.07, 6.45) is -2.43. The molecule has 2 heterocycles. The predicted octanol–water partition coefficient (Wildman–Crippen LogP) is 3.52. The van der Waals surface area contributed by atoms with Gasteiger partial charge in [0.1, 0.15) is 0 Å². The van der Waals surface area contributed by atoms with Gasteiger partial charge in [-0.05, 0) is 44.9 Å². The van der Waals surface area contributed by atoms with Gasteiger partial charge in [-0.3, -0.25) is 0 Å². The third-order valence-electron chi connectivity index (χ3n) is 4.75. The van der Waals surface area contributed by atoms with E-state index in [4.69, 9.17) is 4.74 Å². The third kappa shape index (κ3) is 3.91. The predicted molar refractivity (Wildman–Crippen MR) is 85.8 cm³/mol. The van der Waals surface area contributed by atoms with Gasteiger partial charge in [-0.2, -0.15) is 22.8 Å². The summed E-state index contributed by atoms with van der Waals surface area (Å²) in [5.74, 6) is -1.91. The van der Waals surface area contributed by atoms with Crippen LogP contribution in [0.15, 0.2) is 12.1 Å². The van der Waals surface area contributed by atoms with Crippen LogP contribution in [0.4, 0.5) is 13.2 Å². The minimum Gasteiger partial charge on any atom is -0.493 e. The van der Waals surface area contributed by atoms with E-state index in [9.17, 15) is 23.1 Å². The molecular weight excluding hydrogens is 351 g/mol. The van der Waals surface area contributed by atoms with Gasteiger partial charge in [0, 0.05) is 17.8 Å². The normalized spacial score (nSPS) is 21.1. The monoisotopic (exact) mass is 371 g/mol. The quantitative estimate of drug-likeness (QED) is 0.832. The number of rotatable bonds is 4. The van der Waals surface area contributed by atoms with Gasteiger partial charge >= 0.3 is 12.1 Å². The van der Waals surface area contributed by atoms with E-state index in [2.05, 4.69) is 10.1 Å². The number of hydrogen-bond donors (Lipinski definition) is 1. The number of ether oxygens (including phenoxy) is 1. The van der Waals surface area contributed by atoms with Crippen molar-refractivity contribution in [2.75, 3.05) is 6.61 Å². The molecule has 6 nitrogen and oxygen atoms in total. The molecule has 0 unspecified atom stereocenters. The molecule has 2 aromatic heterocycles. The summed E-state index contributed by atoms with van der Waals surface area (Å²) in [4.78, 5) is 16.1. The molecule has 0 aromatic carbocycles. The van der Waals surface area contributed by atoms with Gasteiger partial charge in [-0.15, -0.1) is 0 Å². The number of halogens is 3. The molecule has 0 bridgehead atoms. The zero-order valence-corrected chi connectivity index (χ0v) is 14.3. The van der Waals surface area contributed by atoms with E-state index in [1.807, 2.05) is 0 Å². The number of carbonyl (C=O) groups excluding carboxylic acids is 1. The molecule has 2 aromatic rings. The number of fused-ring (bicyclic) bond motifs is 1. The number of esters is 1. The van der Waals surface area contributed by atoms with Gasteiger partial charge in [-0.1, -0.05) is 0 Å². The number of alkyl halides is 3. The average molecular weight is 371 g/mol. The summed E-state index contributed by atoms with van der Waals surface area (Å²) in [7, 11) is 0. The number of aromatic nitrogens is 3. The van der Waals surface area contributed by atoms with Crippen molar-refractivity contribution in [1.29, 1.82) is 0 Å². The fraction of sp³-hybridized carbons (Fsp3) is 0.588. The minimum atomic E-state index is -4.12. The lowest BCUT2D eigenvalue weighted by molar-refractivity contribution is -0.183. The first kappa shape index (κ1) is 18.5. The topological polar surface area (TPSA) is 76.7 Å². The highest BCUT2D eigenvalue weighted by molar-refractivity contribution is 5.88. The Morgan fingerprint density at radius 1 is 1.31 bits per heavy atom. The van der Waals surface area contributed by atoms with E-state index in [1.54, 1.807) is 6.92 Å². The summed E-state index contributed by atoms with van der Waals surface area (Å²) < 4.78 is 44.3. The number of hydrogen-bond acceptors (Lipinski definition) is 5. The van der Waals surface area contributed by atoms with Crippen molar-refractivity contribution in [3.63, 3.8) is 0 Å². The van der Waals surface area contributed by atoms with Gasteiger partial charge in [-0.25, -0.2) is 9.78 Å². The molecule has 0 amide bonds. The number of nitrogens with zero attached hydrogens (tertiary/aromatic N) is 3. The van der Waals surface area contributed by atoms with E-state index in [-0.39, 0.29) is 36.9 Å². The summed E-state index contributed by atoms with van der Waals surface area (Å²) in [6, 6.07) is 2.85. The first-order valence-corrected chi connectivity index (χ1v) is 8.60. The van der Waals surface area contributed by atoms with Crippen LogP contribution in [0.1, 0.15) is 48.8 Å². The van der Waals surface area contributed by atoms with Gasteiger partial charge in [0.25, 0.3) is 0 Å². The van der Waals surface area contributed by atoms with Gasteiger partial charge in [0.15, 0.2) is 11.3 Å². The lowest BCUT2D eigenvalue weighted by Gasteiger charge is -2.29. The summed E-state index contributed by atoms with van der Waals surface area (Å²) in [5, 5.41) is 14.1. The Kier molecular flexibility index (Phi) is 5.06. The smallest absolute Gasteiger partial charge is 0.391 e. The molecule has 26 heavy (non-hydrogen) atoms. The Morgan fingerprint density at radius 3 is 2.62 bits per heavy atom. The van der Waals surface area contributed by atoms with E-state index in [0.29, 0.717) is 30.6 Å². The van der Waals surface area contributed by atoms with Crippen LogP contribution in [-0.2, 0) is 11.2 Å². The molecule has 0 atom stereocenters. The van der Waals surface area contributed by atoms with Crippen molar-refractivity contribution in [2.45, 2.75) is 45.2 Å². The Bertz CT molecular complexity index is 796. The second-order valence-corrected chi connectivity index (χ2v) is 6.59. The number of aromatic hydroxyl groups is 1. The highest BCUT2D eigenvalue weighted by Crippen LogP contribution is 2.40. The first-order valence-electron chi connectivity index (χ1n) is 8.60. The lowest BCUT2D eigenvalue weighted by Crippen LogP contribution is -2.28. The van der Waals surface area contributed by atoms with Crippen molar-refractivity contribution in [1.82, 2.24) is 14.6 Å². The van der Waals surface area contributed by atoms with Crippen molar-refractivity contribution in [2.24, 2.45) is 11.8 Å². The van der Waals surface area contributed by atoms with E-state index >= 15 is 0 Å². The van der Waals surface area contributed by atoms with Gasteiger partial charge in [0.2, 0.25) is 5.88 Å². The maximum atomic E-state index is 12.8. The fourth-order valence-corrected chi connectivity index (χ4v) is 3.41. The highest BCUT2D eigenvalue weighted by atomic mass is 19.4. The molecule has 1 fully saturated rings. The standard InChI is InChI=1S/C17H20F3N3O3/c1-2-26-16(25)13-9-14-21-12(8-15(24)23(14)22-13)7-10-3-5-11(6-4-10)17(18,19)20/h8-11,24H,2-7H2,1H3. The van der Waals surface area contributed by atoms with Crippen LogP contribution >= 0.6 is 0 Å². The molecule has 0 aliphatic heterocycles. The molecular formula is C17H20F3N3O3. The summed E-state index contributed by atoms with van der Waals surface area (Å²) >= 11 is 0. The Morgan fingerprint density at radius 2 is 2.00 bits per heavy atom. The van der Waals surface area contributed by atoms with Crippen LogP contribution in [0, 0.1) is 11.8 Å². The molecule has 0 radical (unpaired) electrons. The van der Waals surface area contributed by atoms with Gasteiger partial charge < -0.3 is 9.84 Å². The van der Waals surface area contributed by atoms with Crippen LogP contribution < -0.4 is 0 Å². The fourth-order valence-electron chi connectivity index (χ4n) is 3.41. The summed E-state index contributed by atoms with van der Waals surface area (Å²) in [5.41, 5.74) is 0.908. The molecule has 9 heteroatoms. The molecule has 1 saturated carbocycles. The van der Waals surface area contributed by atoms with Crippen LogP contribution in [-0.4, -0.2) is 38.5 Å². The molecule has 1 aliphatic rings. The SMILES string of the molecule is CCOC(=O)c1cc2nc(CC3CCC(C(F)(F)F)CC3)cc(O)n2n1. The maximum Gasteiger partial charge on any atom is 0.391 e. The van der Waals surface area contributed by atoms with E-state index < -0.39 is 18.1 Å².